The van der Waals surface area contributed by atoms with Crippen LogP contribution in [0.1, 0.15) is 12.5 Å². The van der Waals surface area contributed by atoms with Gasteiger partial charge in [-0.15, -0.1) is 0 Å². The lowest BCUT2D eigenvalue weighted by Gasteiger charge is -2.26. The largest absolute Gasteiger partial charge is 0.398 e. The van der Waals surface area contributed by atoms with E-state index >= 15 is 0 Å². The Bertz CT molecular complexity index is 398. The highest BCUT2D eigenvalue weighted by molar-refractivity contribution is 7.98. The molecule has 2 N–H and O–H groups in total. The Morgan fingerprint density at radius 1 is 1.56 bits per heavy atom. The van der Waals surface area contributed by atoms with E-state index in [-0.39, 0.29) is 0 Å². The summed E-state index contributed by atoms with van der Waals surface area (Å²) in [5.41, 5.74) is 7.81. The Hall–Kier alpha value is -1.34. The monoisotopic (exact) mass is 235 g/mol. The Morgan fingerprint density at radius 2 is 2.25 bits per heavy atom. The third-order valence-electron chi connectivity index (χ3n) is 2.63. The van der Waals surface area contributed by atoms with Gasteiger partial charge in [0, 0.05) is 30.2 Å². The minimum atomic E-state index is 0.435. The van der Waals surface area contributed by atoms with E-state index in [1.165, 1.54) is 0 Å². The van der Waals surface area contributed by atoms with Gasteiger partial charge in [-0.2, -0.15) is 17.0 Å². The zero-order chi connectivity index (χ0) is 12.1. The van der Waals surface area contributed by atoms with Crippen molar-refractivity contribution in [2.24, 2.45) is 0 Å². The number of anilines is 2. The Kier molecular flexibility index (Phi) is 4.51. The lowest BCUT2D eigenvalue weighted by atomic mass is 10.1. The summed E-state index contributed by atoms with van der Waals surface area (Å²) in [6.07, 6.45) is 2.09. The predicted molar refractivity (Wildman–Crippen MR) is 71.8 cm³/mol. The van der Waals surface area contributed by atoms with Crippen molar-refractivity contribution in [1.82, 2.24) is 0 Å². The fourth-order valence-corrected chi connectivity index (χ4v) is 2.17. The van der Waals surface area contributed by atoms with Gasteiger partial charge in [-0.25, -0.2) is 0 Å². The number of nitrogens with zero attached hydrogens (tertiary/aromatic N) is 2. The maximum Gasteiger partial charge on any atom is 0.101 e. The SMILES string of the molecule is CSCC(C)N(C)c1ccc(N)c(C#N)c1. The number of thioether (sulfide) groups is 1. The van der Waals surface area contributed by atoms with Gasteiger partial charge in [0.2, 0.25) is 0 Å². The van der Waals surface area contributed by atoms with Crippen molar-refractivity contribution in [2.75, 3.05) is 29.7 Å². The smallest absolute Gasteiger partial charge is 0.101 e. The lowest BCUT2D eigenvalue weighted by Crippen LogP contribution is -2.30. The highest BCUT2D eigenvalue weighted by Gasteiger charge is 2.10. The van der Waals surface area contributed by atoms with Gasteiger partial charge in [-0.3, -0.25) is 0 Å². The second-order valence-corrected chi connectivity index (χ2v) is 4.71. The molecule has 0 heterocycles. The fourth-order valence-electron chi connectivity index (χ4n) is 1.47. The van der Waals surface area contributed by atoms with Crippen molar-refractivity contribution in [3.05, 3.63) is 23.8 Å². The summed E-state index contributed by atoms with van der Waals surface area (Å²) in [4.78, 5) is 2.16. The first-order valence-electron chi connectivity index (χ1n) is 5.11. The molecule has 4 heteroatoms. The molecule has 0 amide bonds. The van der Waals surface area contributed by atoms with Crippen molar-refractivity contribution in [1.29, 1.82) is 5.26 Å². The Balaban J connectivity index is 2.92. The first-order valence-corrected chi connectivity index (χ1v) is 6.51. The topological polar surface area (TPSA) is 53.0 Å². The lowest BCUT2D eigenvalue weighted by molar-refractivity contribution is 0.765. The van der Waals surface area contributed by atoms with Crippen LogP contribution in [0.15, 0.2) is 18.2 Å². The molecule has 1 unspecified atom stereocenters. The van der Waals surface area contributed by atoms with Crippen LogP contribution < -0.4 is 10.6 Å². The van der Waals surface area contributed by atoms with Crippen LogP contribution in [0.25, 0.3) is 0 Å². The van der Waals surface area contributed by atoms with Gasteiger partial charge < -0.3 is 10.6 Å². The summed E-state index contributed by atoms with van der Waals surface area (Å²) >= 11 is 1.81. The molecular weight excluding hydrogens is 218 g/mol. The molecule has 1 aromatic rings. The van der Waals surface area contributed by atoms with Gasteiger partial charge >= 0.3 is 0 Å². The molecule has 1 aromatic carbocycles. The zero-order valence-electron chi connectivity index (χ0n) is 9.90. The van der Waals surface area contributed by atoms with Crippen molar-refractivity contribution in [3.8, 4) is 6.07 Å². The normalized spacial score (nSPS) is 11.9. The summed E-state index contributed by atoms with van der Waals surface area (Å²) in [6, 6.07) is 8.12. The maximum absolute atomic E-state index is 8.91. The predicted octanol–water partition coefficient (Wildman–Crippen LogP) is 2.33. The van der Waals surface area contributed by atoms with Crippen molar-refractivity contribution >= 4 is 23.1 Å². The number of nitriles is 1. The molecule has 16 heavy (non-hydrogen) atoms. The number of benzene rings is 1. The number of hydrogen-bond donors (Lipinski definition) is 1. The molecule has 0 aliphatic rings. The molecule has 0 aliphatic heterocycles. The fraction of sp³-hybridized carbons (Fsp3) is 0.417. The first-order chi connectivity index (χ1) is 7.60. The van der Waals surface area contributed by atoms with Gasteiger partial charge in [0.25, 0.3) is 0 Å². The summed E-state index contributed by atoms with van der Waals surface area (Å²) in [5, 5.41) is 8.91. The molecule has 0 bridgehead atoms. The minimum Gasteiger partial charge on any atom is -0.398 e. The summed E-state index contributed by atoms with van der Waals surface area (Å²) < 4.78 is 0. The van der Waals surface area contributed by atoms with Crippen LogP contribution >= 0.6 is 11.8 Å². The van der Waals surface area contributed by atoms with Crippen molar-refractivity contribution in [3.63, 3.8) is 0 Å². The molecule has 1 rings (SSSR count). The van der Waals surface area contributed by atoms with E-state index in [1.54, 1.807) is 6.07 Å². The molecule has 0 aliphatic carbocycles. The Labute approximate surface area is 101 Å². The summed E-state index contributed by atoms with van der Waals surface area (Å²) in [7, 11) is 2.04. The molecule has 86 valence electrons. The van der Waals surface area contributed by atoms with E-state index in [0.717, 1.165) is 11.4 Å². The van der Waals surface area contributed by atoms with Crippen LogP contribution in [0.3, 0.4) is 0 Å². The van der Waals surface area contributed by atoms with E-state index in [4.69, 9.17) is 11.0 Å². The average molecular weight is 235 g/mol. The summed E-state index contributed by atoms with van der Waals surface area (Å²) in [5.74, 6) is 1.06. The standard InChI is InChI=1S/C12H17N3S/c1-9(8-16-3)15(2)11-4-5-12(14)10(6-11)7-13/h4-6,9H,8,14H2,1-3H3. The van der Waals surface area contributed by atoms with E-state index in [0.29, 0.717) is 17.3 Å². The molecule has 1 atom stereocenters. The molecule has 0 fully saturated rings. The van der Waals surface area contributed by atoms with Crippen LogP contribution in [0, 0.1) is 11.3 Å². The molecule has 3 nitrogen and oxygen atoms in total. The van der Waals surface area contributed by atoms with Gasteiger partial charge in [0.05, 0.1) is 5.56 Å². The highest BCUT2D eigenvalue weighted by atomic mass is 32.2. The second kappa shape index (κ2) is 5.66. The highest BCUT2D eigenvalue weighted by Crippen LogP contribution is 2.22. The van der Waals surface area contributed by atoms with E-state index < -0.39 is 0 Å². The van der Waals surface area contributed by atoms with Crippen LogP contribution in [-0.2, 0) is 0 Å². The number of nitrogens with two attached hydrogens (primary N) is 1. The molecule has 0 saturated carbocycles. The van der Waals surface area contributed by atoms with Gasteiger partial charge in [0.15, 0.2) is 0 Å². The van der Waals surface area contributed by atoms with Crippen molar-refractivity contribution in [2.45, 2.75) is 13.0 Å². The average Bonchev–Trinajstić information content (AvgIpc) is 2.29. The third kappa shape index (κ3) is 2.83. The minimum absolute atomic E-state index is 0.435. The van der Waals surface area contributed by atoms with Crippen LogP contribution in [0.2, 0.25) is 0 Å². The maximum atomic E-state index is 8.91. The van der Waals surface area contributed by atoms with Crippen LogP contribution in [0.5, 0.6) is 0 Å². The van der Waals surface area contributed by atoms with Crippen LogP contribution in [0.4, 0.5) is 11.4 Å². The van der Waals surface area contributed by atoms with Gasteiger partial charge in [-0.05, 0) is 31.4 Å². The number of rotatable bonds is 4. The van der Waals surface area contributed by atoms with E-state index in [9.17, 15) is 0 Å². The Morgan fingerprint density at radius 3 is 2.81 bits per heavy atom. The molecule has 0 radical (unpaired) electrons. The van der Waals surface area contributed by atoms with Crippen LogP contribution in [-0.4, -0.2) is 25.1 Å². The first kappa shape index (κ1) is 12.7. The third-order valence-corrected chi connectivity index (χ3v) is 3.45. The number of nitrogen functional groups attached to an aromatic ring is 1. The molecule has 0 spiro atoms. The van der Waals surface area contributed by atoms with Gasteiger partial charge in [-0.1, -0.05) is 0 Å². The molecule has 0 aromatic heterocycles. The van der Waals surface area contributed by atoms with E-state index in [2.05, 4.69) is 24.1 Å². The summed E-state index contributed by atoms with van der Waals surface area (Å²) in [6.45, 7) is 2.17. The molecule has 0 saturated heterocycles. The quantitative estimate of drug-likeness (QED) is 0.814. The second-order valence-electron chi connectivity index (χ2n) is 3.80. The number of hydrogen-bond acceptors (Lipinski definition) is 4. The zero-order valence-corrected chi connectivity index (χ0v) is 10.7. The van der Waals surface area contributed by atoms with Crippen molar-refractivity contribution < 1.29 is 0 Å². The van der Waals surface area contributed by atoms with E-state index in [1.807, 2.05) is 30.9 Å². The van der Waals surface area contributed by atoms with Gasteiger partial charge in [0.1, 0.15) is 6.07 Å². The molecular formula is C12H17N3S.